The molecule has 0 aliphatic carbocycles. The molecular weight excluding hydrogens is 290 g/mol. The number of carbonyl (C=O) groups excluding carboxylic acids is 2. The molecule has 5 nitrogen and oxygen atoms in total. The number of halogens is 1. The maximum absolute atomic E-state index is 12.6. The summed E-state index contributed by atoms with van der Waals surface area (Å²) in [6.45, 7) is 8.59. The molecule has 6 heteroatoms. The molecule has 2 N–H and O–H groups in total. The van der Waals surface area contributed by atoms with E-state index in [9.17, 15) is 9.59 Å². The summed E-state index contributed by atoms with van der Waals surface area (Å²) >= 11 is 0. The van der Waals surface area contributed by atoms with E-state index in [0.29, 0.717) is 11.3 Å². The van der Waals surface area contributed by atoms with Crippen LogP contribution in [0.4, 0.5) is 0 Å². The monoisotopic (exact) mass is 313 g/mol. The number of hydrogen-bond donors (Lipinski definition) is 2. The van der Waals surface area contributed by atoms with Crippen molar-refractivity contribution in [2.75, 3.05) is 26.2 Å². The van der Waals surface area contributed by atoms with Gasteiger partial charge in [0.05, 0.1) is 0 Å². The van der Waals surface area contributed by atoms with Gasteiger partial charge in [-0.1, -0.05) is 13.3 Å². The molecule has 21 heavy (non-hydrogen) atoms. The van der Waals surface area contributed by atoms with Crippen LogP contribution in [0.15, 0.2) is 0 Å². The number of Topliss-reactive ketones (excluding diaryl/α,β-unsaturated/α-hetero) is 1. The Labute approximate surface area is 131 Å². The molecule has 1 aliphatic heterocycles. The number of ketones is 1. The summed E-state index contributed by atoms with van der Waals surface area (Å²) in [5, 5.41) is 3.24. The standard InChI is InChI=1S/C15H23N3O2.ClH/c1-4-5-12-13(11(3)19)10(2)17-14(12)15(20)18-8-6-16-7-9-18;/h16-17H,4-9H2,1-3H3;1H. The smallest absolute Gasteiger partial charge is 0.270 e. The van der Waals surface area contributed by atoms with E-state index < -0.39 is 0 Å². The topological polar surface area (TPSA) is 65.2 Å². The second kappa shape index (κ2) is 7.61. The number of aromatic nitrogens is 1. The lowest BCUT2D eigenvalue weighted by Crippen LogP contribution is -2.46. The fraction of sp³-hybridized carbons (Fsp3) is 0.600. The number of rotatable bonds is 4. The Hall–Kier alpha value is -1.33. The highest BCUT2D eigenvalue weighted by Crippen LogP contribution is 2.22. The highest BCUT2D eigenvalue weighted by molar-refractivity contribution is 6.02. The molecule has 2 heterocycles. The van der Waals surface area contributed by atoms with Gasteiger partial charge in [0.1, 0.15) is 5.69 Å². The number of carbonyl (C=O) groups is 2. The van der Waals surface area contributed by atoms with E-state index in [4.69, 9.17) is 0 Å². The average Bonchev–Trinajstić information content (AvgIpc) is 2.76. The van der Waals surface area contributed by atoms with E-state index in [0.717, 1.165) is 50.3 Å². The lowest BCUT2D eigenvalue weighted by Gasteiger charge is -2.27. The van der Waals surface area contributed by atoms with Crippen LogP contribution in [0, 0.1) is 6.92 Å². The predicted molar refractivity (Wildman–Crippen MR) is 85.6 cm³/mol. The second-order valence-corrected chi connectivity index (χ2v) is 5.33. The molecule has 118 valence electrons. The van der Waals surface area contributed by atoms with Crippen molar-refractivity contribution in [2.45, 2.75) is 33.6 Å². The Balaban J connectivity index is 0.00000220. The van der Waals surface area contributed by atoms with Gasteiger partial charge in [-0.3, -0.25) is 9.59 Å². The predicted octanol–water partition coefficient (Wildman–Crippen LogP) is 1.95. The van der Waals surface area contributed by atoms with Crippen LogP contribution < -0.4 is 5.32 Å². The first-order valence-electron chi connectivity index (χ1n) is 7.28. The van der Waals surface area contributed by atoms with Crippen molar-refractivity contribution in [3.8, 4) is 0 Å². The van der Waals surface area contributed by atoms with Crippen molar-refractivity contribution in [1.82, 2.24) is 15.2 Å². The lowest BCUT2D eigenvalue weighted by atomic mass is 10.0. The number of aromatic amines is 1. The van der Waals surface area contributed by atoms with Crippen molar-refractivity contribution in [2.24, 2.45) is 0 Å². The molecule has 0 spiro atoms. The van der Waals surface area contributed by atoms with Gasteiger partial charge in [-0.15, -0.1) is 12.4 Å². The molecule has 1 fully saturated rings. The largest absolute Gasteiger partial charge is 0.354 e. The number of nitrogens with one attached hydrogen (secondary N) is 2. The summed E-state index contributed by atoms with van der Waals surface area (Å²) in [6, 6.07) is 0. The van der Waals surface area contributed by atoms with Crippen LogP contribution in [0.5, 0.6) is 0 Å². The van der Waals surface area contributed by atoms with Crippen molar-refractivity contribution < 1.29 is 9.59 Å². The number of hydrogen-bond acceptors (Lipinski definition) is 3. The molecule has 0 unspecified atom stereocenters. The van der Waals surface area contributed by atoms with Crippen LogP contribution in [0.2, 0.25) is 0 Å². The Bertz CT molecular complexity index is 519. The van der Waals surface area contributed by atoms with E-state index in [1.54, 1.807) is 6.92 Å². The van der Waals surface area contributed by atoms with Crippen LogP contribution in [0.3, 0.4) is 0 Å². The Morgan fingerprint density at radius 1 is 1.24 bits per heavy atom. The third kappa shape index (κ3) is 3.66. The van der Waals surface area contributed by atoms with Crippen LogP contribution in [-0.2, 0) is 6.42 Å². The molecule has 0 aromatic carbocycles. The van der Waals surface area contributed by atoms with Gasteiger partial charge in [-0.2, -0.15) is 0 Å². The Kier molecular flexibility index (Phi) is 6.42. The molecule has 1 aromatic rings. The van der Waals surface area contributed by atoms with Crippen molar-refractivity contribution in [1.29, 1.82) is 0 Å². The molecule has 1 amide bonds. The molecule has 0 saturated carbocycles. The lowest BCUT2D eigenvalue weighted by molar-refractivity contribution is 0.0729. The second-order valence-electron chi connectivity index (χ2n) is 5.33. The van der Waals surface area contributed by atoms with Gasteiger partial charge in [0.2, 0.25) is 0 Å². The molecule has 0 bridgehead atoms. The minimum absolute atomic E-state index is 0. The van der Waals surface area contributed by atoms with Crippen LogP contribution in [-0.4, -0.2) is 47.8 Å². The maximum Gasteiger partial charge on any atom is 0.270 e. The molecule has 0 radical (unpaired) electrons. The van der Waals surface area contributed by atoms with Gasteiger partial charge in [-0.25, -0.2) is 0 Å². The SMILES string of the molecule is CCCc1c(C(=O)N2CCNCC2)[nH]c(C)c1C(C)=O.Cl. The summed E-state index contributed by atoms with van der Waals surface area (Å²) in [5.41, 5.74) is 3.00. The molecule has 1 aromatic heterocycles. The van der Waals surface area contributed by atoms with Crippen LogP contribution >= 0.6 is 12.4 Å². The van der Waals surface area contributed by atoms with Crippen LogP contribution in [0.1, 0.15) is 52.4 Å². The summed E-state index contributed by atoms with van der Waals surface area (Å²) in [7, 11) is 0. The minimum Gasteiger partial charge on any atom is -0.354 e. The van der Waals surface area contributed by atoms with Gasteiger partial charge in [0, 0.05) is 37.4 Å². The first-order chi connectivity index (χ1) is 9.56. The van der Waals surface area contributed by atoms with Gasteiger partial charge < -0.3 is 15.2 Å². The highest BCUT2D eigenvalue weighted by Gasteiger charge is 2.26. The normalized spacial score (nSPS) is 14.7. The van der Waals surface area contributed by atoms with Gasteiger partial charge in [-0.05, 0) is 25.8 Å². The van der Waals surface area contributed by atoms with Gasteiger partial charge in [0.15, 0.2) is 5.78 Å². The molecule has 1 saturated heterocycles. The van der Waals surface area contributed by atoms with E-state index in [1.807, 2.05) is 11.8 Å². The number of H-pyrrole nitrogens is 1. The minimum atomic E-state index is 0. The van der Waals surface area contributed by atoms with Crippen molar-refractivity contribution in [3.63, 3.8) is 0 Å². The van der Waals surface area contributed by atoms with E-state index in [-0.39, 0.29) is 24.1 Å². The molecule has 2 rings (SSSR count). The molecular formula is C15H24ClN3O2. The van der Waals surface area contributed by atoms with Gasteiger partial charge in [0.25, 0.3) is 5.91 Å². The number of amides is 1. The van der Waals surface area contributed by atoms with Crippen molar-refractivity contribution in [3.05, 3.63) is 22.5 Å². The summed E-state index contributed by atoms with van der Waals surface area (Å²) < 4.78 is 0. The van der Waals surface area contributed by atoms with E-state index in [2.05, 4.69) is 17.2 Å². The molecule has 0 atom stereocenters. The number of piperazine rings is 1. The van der Waals surface area contributed by atoms with E-state index in [1.165, 1.54) is 0 Å². The average molecular weight is 314 g/mol. The summed E-state index contributed by atoms with van der Waals surface area (Å²) in [6.07, 6.45) is 1.67. The summed E-state index contributed by atoms with van der Waals surface area (Å²) in [5.74, 6) is 0.0483. The number of aryl methyl sites for hydroxylation is 1. The zero-order chi connectivity index (χ0) is 14.7. The third-order valence-corrected chi connectivity index (χ3v) is 3.76. The fourth-order valence-corrected chi connectivity index (χ4v) is 2.86. The first-order valence-corrected chi connectivity index (χ1v) is 7.28. The zero-order valence-electron chi connectivity index (χ0n) is 12.9. The zero-order valence-corrected chi connectivity index (χ0v) is 13.7. The van der Waals surface area contributed by atoms with Crippen molar-refractivity contribution >= 4 is 24.1 Å². The maximum atomic E-state index is 12.6. The summed E-state index contributed by atoms with van der Waals surface area (Å²) in [4.78, 5) is 29.5. The van der Waals surface area contributed by atoms with E-state index >= 15 is 0 Å². The fourth-order valence-electron chi connectivity index (χ4n) is 2.86. The van der Waals surface area contributed by atoms with Gasteiger partial charge >= 0.3 is 0 Å². The quantitative estimate of drug-likeness (QED) is 0.835. The van der Waals surface area contributed by atoms with Crippen LogP contribution in [0.25, 0.3) is 0 Å². The third-order valence-electron chi connectivity index (χ3n) is 3.76. The Morgan fingerprint density at radius 3 is 2.38 bits per heavy atom. The molecule has 1 aliphatic rings. The Morgan fingerprint density at radius 2 is 1.86 bits per heavy atom. The first kappa shape index (κ1) is 17.7. The number of nitrogens with zero attached hydrogens (tertiary/aromatic N) is 1. The highest BCUT2D eigenvalue weighted by atomic mass is 35.5.